The Morgan fingerprint density at radius 3 is 2.47 bits per heavy atom. The Balaban J connectivity index is 2.29. The van der Waals surface area contributed by atoms with Crippen LogP contribution >= 0.6 is 0 Å². The molecular weight excluding hydrogens is 240 g/mol. The van der Waals surface area contributed by atoms with Gasteiger partial charge in [0.05, 0.1) is 13.0 Å². The smallest absolute Gasteiger partial charge is 0.222 e. The summed E-state index contributed by atoms with van der Waals surface area (Å²) in [5, 5.41) is 3.49. The first-order chi connectivity index (χ1) is 9.02. The van der Waals surface area contributed by atoms with E-state index in [0.29, 0.717) is 12.0 Å². The summed E-state index contributed by atoms with van der Waals surface area (Å²) < 4.78 is 5.16. The normalized spacial score (nSPS) is 30.9. The number of amides is 1. The van der Waals surface area contributed by atoms with Crippen LogP contribution in [0.2, 0.25) is 0 Å². The number of hydrogen-bond donors (Lipinski definition) is 2. The number of nitrogens with one attached hydrogen (secondary N) is 1. The van der Waals surface area contributed by atoms with E-state index in [-0.39, 0.29) is 17.9 Å². The second-order valence-corrected chi connectivity index (χ2v) is 5.46. The minimum Gasteiger partial charge on any atom is -0.497 e. The number of hydrogen-bond acceptors (Lipinski definition) is 3. The van der Waals surface area contributed by atoms with Crippen molar-refractivity contribution in [3.05, 3.63) is 29.8 Å². The number of nitrogens with two attached hydrogens (primary N) is 1. The molecule has 0 saturated carbocycles. The third-order valence-corrected chi connectivity index (χ3v) is 3.97. The van der Waals surface area contributed by atoms with Gasteiger partial charge in [0.1, 0.15) is 5.75 Å². The summed E-state index contributed by atoms with van der Waals surface area (Å²) in [5.41, 5.74) is 6.67. The zero-order valence-corrected chi connectivity index (χ0v) is 11.7. The fraction of sp³-hybridized carbons (Fsp3) is 0.533. The van der Waals surface area contributed by atoms with Crippen LogP contribution in [0.25, 0.3) is 0 Å². The Hall–Kier alpha value is -1.55. The van der Waals surface area contributed by atoms with Crippen molar-refractivity contribution in [3.8, 4) is 5.75 Å². The van der Waals surface area contributed by atoms with Gasteiger partial charge in [0, 0.05) is 12.1 Å². The molecule has 0 aliphatic carbocycles. The van der Waals surface area contributed by atoms with E-state index < -0.39 is 0 Å². The lowest BCUT2D eigenvalue weighted by atomic mass is 9.76. The largest absolute Gasteiger partial charge is 0.497 e. The van der Waals surface area contributed by atoms with E-state index in [1.807, 2.05) is 24.3 Å². The molecule has 4 nitrogen and oxygen atoms in total. The topological polar surface area (TPSA) is 64.3 Å². The molecule has 0 spiro atoms. The molecule has 1 fully saturated rings. The van der Waals surface area contributed by atoms with Crippen molar-refractivity contribution in [3.63, 3.8) is 0 Å². The Bertz CT molecular complexity index is 444. The fourth-order valence-corrected chi connectivity index (χ4v) is 3.07. The molecule has 2 rings (SSSR count). The van der Waals surface area contributed by atoms with Crippen molar-refractivity contribution in [1.29, 1.82) is 0 Å². The number of piperidine rings is 1. The van der Waals surface area contributed by atoms with E-state index >= 15 is 0 Å². The molecule has 104 valence electrons. The van der Waals surface area contributed by atoms with Crippen molar-refractivity contribution in [2.24, 2.45) is 17.6 Å². The van der Waals surface area contributed by atoms with E-state index in [9.17, 15) is 4.79 Å². The number of carbonyl (C=O) groups excluding carboxylic acids is 1. The molecule has 1 amide bonds. The summed E-state index contributed by atoms with van der Waals surface area (Å²) in [4.78, 5) is 11.7. The van der Waals surface area contributed by atoms with Gasteiger partial charge in [-0.15, -0.1) is 0 Å². The van der Waals surface area contributed by atoms with Gasteiger partial charge in [0.15, 0.2) is 0 Å². The number of carbonyl (C=O) groups is 1. The molecule has 1 saturated heterocycles. The summed E-state index contributed by atoms with van der Waals surface area (Å²) in [6.45, 7) is 4.24. The first kappa shape index (κ1) is 13.9. The zero-order valence-electron chi connectivity index (χ0n) is 11.7. The summed E-state index contributed by atoms with van der Waals surface area (Å²) >= 11 is 0. The zero-order chi connectivity index (χ0) is 14.0. The maximum atomic E-state index is 11.7. The molecule has 0 radical (unpaired) electrons. The number of ether oxygens (including phenoxy) is 1. The van der Waals surface area contributed by atoms with Crippen molar-refractivity contribution in [2.45, 2.75) is 32.4 Å². The van der Waals surface area contributed by atoms with E-state index in [2.05, 4.69) is 19.2 Å². The molecule has 3 N–H and O–H groups in total. The molecule has 4 atom stereocenters. The van der Waals surface area contributed by atoms with Gasteiger partial charge in [-0.25, -0.2) is 0 Å². The van der Waals surface area contributed by atoms with Gasteiger partial charge in [-0.2, -0.15) is 0 Å². The van der Waals surface area contributed by atoms with Gasteiger partial charge < -0.3 is 15.8 Å². The van der Waals surface area contributed by atoms with Crippen LogP contribution in [0.15, 0.2) is 24.3 Å². The van der Waals surface area contributed by atoms with Crippen LogP contribution in [-0.4, -0.2) is 19.1 Å². The number of primary amides is 1. The predicted octanol–water partition coefficient (Wildman–Crippen LogP) is 1.86. The van der Waals surface area contributed by atoms with E-state index in [0.717, 1.165) is 17.7 Å². The molecule has 0 bridgehead atoms. The first-order valence-corrected chi connectivity index (χ1v) is 6.72. The molecule has 1 aromatic rings. The van der Waals surface area contributed by atoms with Crippen LogP contribution in [0.4, 0.5) is 0 Å². The second kappa shape index (κ2) is 5.61. The molecule has 4 unspecified atom stereocenters. The Morgan fingerprint density at radius 1 is 1.32 bits per heavy atom. The van der Waals surface area contributed by atoms with Crippen molar-refractivity contribution >= 4 is 5.91 Å². The number of benzene rings is 1. The van der Waals surface area contributed by atoms with Gasteiger partial charge in [-0.05, 0) is 37.0 Å². The molecule has 1 heterocycles. The molecule has 1 aliphatic heterocycles. The van der Waals surface area contributed by atoms with Gasteiger partial charge in [0.2, 0.25) is 5.91 Å². The van der Waals surface area contributed by atoms with Crippen molar-refractivity contribution in [1.82, 2.24) is 5.32 Å². The summed E-state index contributed by atoms with van der Waals surface area (Å²) in [6, 6.07) is 8.20. The third-order valence-electron chi connectivity index (χ3n) is 3.97. The van der Waals surface area contributed by atoms with Crippen LogP contribution in [0, 0.1) is 11.8 Å². The van der Waals surface area contributed by atoms with Crippen LogP contribution in [0.5, 0.6) is 5.75 Å². The van der Waals surface area contributed by atoms with Crippen molar-refractivity contribution in [2.75, 3.05) is 7.11 Å². The van der Waals surface area contributed by atoms with E-state index in [1.54, 1.807) is 7.11 Å². The van der Waals surface area contributed by atoms with Gasteiger partial charge in [0.25, 0.3) is 0 Å². The summed E-state index contributed by atoms with van der Waals surface area (Å²) in [5.74, 6) is 0.717. The Labute approximate surface area is 114 Å². The molecule has 1 aliphatic rings. The maximum Gasteiger partial charge on any atom is 0.222 e. The lowest BCUT2D eigenvalue weighted by Gasteiger charge is -2.39. The monoisotopic (exact) mass is 262 g/mol. The SMILES string of the molecule is COc1ccc(C2NC(C)CC(C)C2C(N)=O)cc1. The minimum atomic E-state index is -0.229. The highest BCUT2D eigenvalue weighted by Crippen LogP contribution is 2.35. The van der Waals surface area contributed by atoms with E-state index in [1.165, 1.54) is 0 Å². The highest BCUT2D eigenvalue weighted by Gasteiger charge is 2.37. The summed E-state index contributed by atoms with van der Waals surface area (Å²) in [6.07, 6.45) is 0.972. The van der Waals surface area contributed by atoms with Crippen LogP contribution in [-0.2, 0) is 4.79 Å². The van der Waals surface area contributed by atoms with Crippen LogP contribution in [0.1, 0.15) is 31.9 Å². The van der Waals surface area contributed by atoms with Gasteiger partial charge in [-0.1, -0.05) is 19.1 Å². The fourth-order valence-electron chi connectivity index (χ4n) is 3.07. The van der Waals surface area contributed by atoms with E-state index in [4.69, 9.17) is 10.5 Å². The Morgan fingerprint density at radius 2 is 1.95 bits per heavy atom. The highest BCUT2D eigenvalue weighted by atomic mass is 16.5. The quantitative estimate of drug-likeness (QED) is 0.874. The molecular formula is C15H22N2O2. The molecule has 4 heteroatoms. The number of methoxy groups -OCH3 is 1. The molecule has 0 aromatic heterocycles. The van der Waals surface area contributed by atoms with Crippen molar-refractivity contribution < 1.29 is 9.53 Å². The second-order valence-electron chi connectivity index (χ2n) is 5.46. The van der Waals surface area contributed by atoms with Crippen LogP contribution < -0.4 is 15.8 Å². The number of rotatable bonds is 3. The average molecular weight is 262 g/mol. The first-order valence-electron chi connectivity index (χ1n) is 6.72. The lowest BCUT2D eigenvalue weighted by molar-refractivity contribution is -0.125. The standard InChI is InChI=1S/C15H22N2O2/c1-9-8-10(2)17-14(13(9)15(16)18)11-4-6-12(19-3)7-5-11/h4-7,9-10,13-14,17H,8H2,1-3H3,(H2,16,18). The highest BCUT2D eigenvalue weighted by molar-refractivity contribution is 5.78. The third kappa shape index (κ3) is 2.89. The predicted molar refractivity (Wildman–Crippen MR) is 74.8 cm³/mol. The summed E-state index contributed by atoms with van der Waals surface area (Å²) in [7, 11) is 1.64. The van der Waals surface area contributed by atoms with Gasteiger partial charge in [-0.3, -0.25) is 4.79 Å². The minimum absolute atomic E-state index is 0.0119. The van der Waals surface area contributed by atoms with Gasteiger partial charge >= 0.3 is 0 Å². The average Bonchev–Trinajstić information content (AvgIpc) is 2.37. The molecule has 1 aromatic carbocycles. The molecule has 19 heavy (non-hydrogen) atoms. The lowest BCUT2D eigenvalue weighted by Crippen LogP contribution is -2.49. The maximum absolute atomic E-state index is 11.7. The van der Waals surface area contributed by atoms with Crippen LogP contribution in [0.3, 0.4) is 0 Å². The Kier molecular flexibility index (Phi) is 4.10.